The molecule has 218 valence electrons. The second kappa shape index (κ2) is 11.2. The molecule has 3 aromatic rings. The number of hydrogen-bond acceptors (Lipinski definition) is 8. The summed E-state index contributed by atoms with van der Waals surface area (Å²) in [5, 5.41) is 11.4. The van der Waals surface area contributed by atoms with Gasteiger partial charge in [0.25, 0.3) is 0 Å². The molecule has 0 spiro atoms. The number of piperazine rings is 1. The molecule has 11 heteroatoms. The Labute approximate surface area is 241 Å². The molecule has 2 unspecified atom stereocenters. The maximum atomic E-state index is 11.8. The van der Waals surface area contributed by atoms with Crippen molar-refractivity contribution >= 4 is 28.6 Å². The Hall–Kier alpha value is -3.28. The van der Waals surface area contributed by atoms with Crippen molar-refractivity contribution < 1.29 is 9.53 Å². The van der Waals surface area contributed by atoms with Gasteiger partial charge in [0.05, 0.1) is 29.8 Å². The van der Waals surface area contributed by atoms with Crippen LogP contribution in [0, 0.1) is 0 Å². The Morgan fingerprint density at radius 2 is 1.59 bits per heavy atom. The maximum absolute atomic E-state index is 11.8. The van der Waals surface area contributed by atoms with Gasteiger partial charge < -0.3 is 25.2 Å². The Morgan fingerprint density at radius 3 is 2.27 bits per heavy atom. The lowest BCUT2D eigenvalue weighted by molar-refractivity contribution is 0.0303. The smallest absolute Gasteiger partial charge is 0.318 e. The minimum atomic E-state index is -0.245. The van der Waals surface area contributed by atoms with Crippen molar-refractivity contribution in [3.63, 3.8) is 0 Å². The highest BCUT2D eigenvalue weighted by molar-refractivity contribution is 5.90. The molecule has 1 aromatic carbocycles. The third-order valence-corrected chi connectivity index (χ3v) is 9.47. The molecule has 1 saturated carbocycles. The van der Waals surface area contributed by atoms with Crippen molar-refractivity contribution in [2.75, 3.05) is 63.6 Å². The van der Waals surface area contributed by atoms with Crippen molar-refractivity contribution in [3.05, 3.63) is 30.5 Å². The van der Waals surface area contributed by atoms with Gasteiger partial charge in [-0.15, -0.1) is 0 Å². The topological polar surface area (TPSA) is 104 Å². The van der Waals surface area contributed by atoms with Crippen LogP contribution in [-0.4, -0.2) is 107 Å². The molecule has 3 saturated heterocycles. The summed E-state index contributed by atoms with van der Waals surface area (Å²) in [6, 6.07) is 8.50. The lowest BCUT2D eigenvalue weighted by Gasteiger charge is -2.41. The van der Waals surface area contributed by atoms with Crippen LogP contribution in [0.2, 0.25) is 0 Å². The number of nitrogens with zero attached hydrogens (tertiary/aromatic N) is 7. The molecule has 0 radical (unpaired) electrons. The molecule has 4 aliphatic rings. The molecule has 2 amide bonds. The molecule has 1 aliphatic carbocycles. The van der Waals surface area contributed by atoms with E-state index in [1.807, 2.05) is 30.5 Å². The van der Waals surface area contributed by atoms with Gasteiger partial charge in [-0.3, -0.25) is 4.90 Å². The number of ether oxygens (including phenoxy) is 1. The molecule has 2 atom stereocenters. The average molecular weight is 560 g/mol. The minimum Gasteiger partial charge on any atom is -0.371 e. The van der Waals surface area contributed by atoms with Crippen LogP contribution in [0.15, 0.2) is 30.5 Å². The fourth-order valence-electron chi connectivity index (χ4n) is 7.09. The quantitative estimate of drug-likeness (QED) is 0.491. The lowest BCUT2D eigenvalue weighted by Crippen LogP contribution is -2.49. The fourth-order valence-corrected chi connectivity index (χ4v) is 7.09. The second-order valence-electron chi connectivity index (χ2n) is 12.1. The Kier molecular flexibility index (Phi) is 7.26. The zero-order valence-electron chi connectivity index (χ0n) is 24.1. The molecular formula is C30H41N9O2. The van der Waals surface area contributed by atoms with Crippen molar-refractivity contribution in [2.24, 2.45) is 0 Å². The highest BCUT2D eigenvalue weighted by Gasteiger charge is 2.36. The number of carbonyl (C=O) groups is 1. The minimum absolute atomic E-state index is 0.245. The first kappa shape index (κ1) is 26.6. The van der Waals surface area contributed by atoms with Gasteiger partial charge in [-0.1, -0.05) is 0 Å². The molecule has 3 aliphatic heterocycles. The molecule has 2 N–H and O–H groups in total. The summed E-state index contributed by atoms with van der Waals surface area (Å²) in [5.41, 5.74) is 2.55. The zero-order chi connectivity index (χ0) is 27.9. The van der Waals surface area contributed by atoms with E-state index in [0.29, 0.717) is 17.9 Å². The number of morpholine rings is 1. The summed E-state index contributed by atoms with van der Waals surface area (Å²) in [4.78, 5) is 29.5. The van der Waals surface area contributed by atoms with Gasteiger partial charge in [-0.25, -0.2) is 19.4 Å². The van der Waals surface area contributed by atoms with E-state index in [2.05, 4.69) is 37.1 Å². The summed E-state index contributed by atoms with van der Waals surface area (Å²) in [6.45, 7) is 6.37. The Morgan fingerprint density at radius 1 is 0.902 bits per heavy atom. The third-order valence-electron chi connectivity index (χ3n) is 9.47. The first-order valence-corrected chi connectivity index (χ1v) is 15.2. The standard InChI is InChI=1S/C30H41N9O2/c1-31-30(40)33-21-5-3-20(4-6-21)27-34-28(38-18-24-11-12-25(19-38)41-24)26-17-32-39(29(26)35-27)23-9-7-22(8-10-23)37-15-13-36(2)14-16-37/h3-6,17,22-25H,7-16,18-19H2,1-2H3,(H2,31,33,40). The number of likely N-dealkylation sites (N-methyl/N-ethyl adjacent to an activating group) is 1. The van der Waals surface area contributed by atoms with E-state index in [-0.39, 0.29) is 18.2 Å². The van der Waals surface area contributed by atoms with E-state index in [1.54, 1.807) is 7.05 Å². The van der Waals surface area contributed by atoms with Crippen LogP contribution in [0.3, 0.4) is 0 Å². The summed E-state index contributed by atoms with van der Waals surface area (Å²) < 4.78 is 8.33. The summed E-state index contributed by atoms with van der Waals surface area (Å²) >= 11 is 0. The number of fused-ring (bicyclic) bond motifs is 3. The van der Waals surface area contributed by atoms with Crippen LogP contribution in [0.5, 0.6) is 0 Å². The maximum Gasteiger partial charge on any atom is 0.318 e. The van der Waals surface area contributed by atoms with Crippen LogP contribution in [0.1, 0.15) is 44.6 Å². The van der Waals surface area contributed by atoms with Gasteiger partial charge in [-0.05, 0) is 69.8 Å². The molecule has 4 fully saturated rings. The number of urea groups is 1. The van der Waals surface area contributed by atoms with Gasteiger partial charge in [0.1, 0.15) is 5.82 Å². The fraction of sp³-hybridized carbons (Fsp3) is 0.600. The number of amides is 2. The molecule has 41 heavy (non-hydrogen) atoms. The van der Waals surface area contributed by atoms with E-state index in [0.717, 1.165) is 80.0 Å². The van der Waals surface area contributed by atoms with Gasteiger partial charge in [-0.2, -0.15) is 5.10 Å². The number of anilines is 2. The van der Waals surface area contributed by atoms with Gasteiger partial charge >= 0.3 is 6.03 Å². The summed E-state index contributed by atoms with van der Waals surface area (Å²) in [7, 11) is 3.83. The summed E-state index contributed by atoms with van der Waals surface area (Å²) in [6.07, 6.45) is 9.35. The first-order valence-electron chi connectivity index (χ1n) is 15.2. The average Bonchev–Trinajstić information content (AvgIpc) is 3.59. The zero-order valence-corrected chi connectivity index (χ0v) is 24.1. The van der Waals surface area contributed by atoms with Crippen LogP contribution in [0.25, 0.3) is 22.4 Å². The number of nitrogens with one attached hydrogen (secondary N) is 2. The van der Waals surface area contributed by atoms with Crippen LogP contribution < -0.4 is 15.5 Å². The largest absolute Gasteiger partial charge is 0.371 e. The predicted octanol–water partition coefficient (Wildman–Crippen LogP) is 3.34. The molecule has 11 nitrogen and oxygen atoms in total. The molecule has 2 bridgehead atoms. The van der Waals surface area contributed by atoms with E-state index >= 15 is 0 Å². The second-order valence-corrected chi connectivity index (χ2v) is 12.1. The number of aromatic nitrogens is 4. The van der Waals surface area contributed by atoms with E-state index < -0.39 is 0 Å². The van der Waals surface area contributed by atoms with Crippen molar-refractivity contribution in [2.45, 2.75) is 62.8 Å². The molecule has 7 rings (SSSR count). The van der Waals surface area contributed by atoms with Crippen LogP contribution in [-0.2, 0) is 4.74 Å². The van der Waals surface area contributed by atoms with Gasteiger partial charge in [0.2, 0.25) is 0 Å². The lowest BCUT2D eigenvalue weighted by atomic mass is 9.90. The van der Waals surface area contributed by atoms with E-state index in [1.165, 1.54) is 25.9 Å². The monoisotopic (exact) mass is 559 g/mol. The highest BCUT2D eigenvalue weighted by atomic mass is 16.5. The molecule has 5 heterocycles. The summed E-state index contributed by atoms with van der Waals surface area (Å²) in [5.74, 6) is 1.64. The number of benzene rings is 1. The Balaban J connectivity index is 1.19. The SMILES string of the molecule is CNC(=O)Nc1ccc(-c2nc(N3CC4CCC(C3)O4)c3cnn(C4CCC(N5CCN(C)CC5)CC4)c3n2)cc1. The van der Waals surface area contributed by atoms with E-state index in [4.69, 9.17) is 19.8 Å². The van der Waals surface area contributed by atoms with Crippen molar-refractivity contribution in [1.82, 2.24) is 34.9 Å². The van der Waals surface area contributed by atoms with Gasteiger partial charge in [0, 0.05) is 63.6 Å². The highest BCUT2D eigenvalue weighted by Crippen LogP contribution is 2.37. The van der Waals surface area contributed by atoms with Gasteiger partial charge in [0.15, 0.2) is 11.5 Å². The number of rotatable bonds is 5. The predicted molar refractivity (Wildman–Crippen MR) is 159 cm³/mol. The normalized spacial score (nSPS) is 27.3. The van der Waals surface area contributed by atoms with E-state index in [9.17, 15) is 4.79 Å². The number of hydrogen-bond donors (Lipinski definition) is 2. The molecule has 2 aromatic heterocycles. The van der Waals surface area contributed by atoms with Crippen molar-refractivity contribution in [3.8, 4) is 11.4 Å². The Bertz CT molecular complexity index is 1360. The number of carbonyl (C=O) groups excluding carboxylic acids is 1. The third kappa shape index (κ3) is 5.38. The molecular weight excluding hydrogens is 518 g/mol. The van der Waals surface area contributed by atoms with Crippen LogP contribution >= 0.6 is 0 Å². The first-order chi connectivity index (χ1) is 20.0. The van der Waals surface area contributed by atoms with Crippen molar-refractivity contribution in [1.29, 1.82) is 0 Å². The van der Waals surface area contributed by atoms with Crippen LogP contribution in [0.4, 0.5) is 16.3 Å².